The molecule has 162 valence electrons. The molecule has 1 N–H and O–H groups in total. The molecule has 0 bridgehead atoms. The van der Waals surface area contributed by atoms with Crippen LogP contribution in [0.15, 0.2) is 60.5 Å². The highest BCUT2D eigenvalue weighted by Crippen LogP contribution is 2.34. The number of carboxylic acids is 1. The van der Waals surface area contributed by atoms with Gasteiger partial charge in [0.1, 0.15) is 5.01 Å². The van der Waals surface area contributed by atoms with Gasteiger partial charge in [-0.25, -0.2) is 9.78 Å². The number of pyridine rings is 1. The molecule has 32 heavy (non-hydrogen) atoms. The van der Waals surface area contributed by atoms with E-state index in [0.717, 1.165) is 17.7 Å². The third-order valence-corrected chi connectivity index (χ3v) is 5.29. The first kappa shape index (κ1) is 21.4. The number of hydrogen-bond acceptors (Lipinski definition) is 5. The lowest BCUT2D eigenvalue weighted by molar-refractivity contribution is -0.137. The molecule has 1 aromatic carbocycles. The van der Waals surface area contributed by atoms with Crippen molar-refractivity contribution in [3.8, 4) is 11.3 Å². The second-order valence-corrected chi connectivity index (χ2v) is 7.76. The van der Waals surface area contributed by atoms with E-state index in [-0.39, 0.29) is 12.1 Å². The Morgan fingerprint density at radius 3 is 2.66 bits per heavy atom. The molecule has 0 saturated heterocycles. The van der Waals surface area contributed by atoms with Crippen LogP contribution in [0.25, 0.3) is 23.4 Å². The van der Waals surface area contributed by atoms with Crippen molar-refractivity contribution in [2.75, 3.05) is 0 Å². The molecule has 4 rings (SSSR count). The van der Waals surface area contributed by atoms with Gasteiger partial charge in [-0.1, -0.05) is 18.2 Å². The Bertz CT molecular complexity index is 1280. The lowest BCUT2D eigenvalue weighted by Crippen LogP contribution is -2.05. The van der Waals surface area contributed by atoms with Crippen LogP contribution < -0.4 is 0 Å². The molecular formula is C22H15F3N4O2S. The third kappa shape index (κ3) is 5.09. The van der Waals surface area contributed by atoms with E-state index < -0.39 is 17.7 Å². The zero-order valence-electron chi connectivity index (χ0n) is 16.3. The Morgan fingerprint density at radius 1 is 1.16 bits per heavy atom. The Morgan fingerprint density at radius 2 is 1.97 bits per heavy atom. The van der Waals surface area contributed by atoms with E-state index in [4.69, 9.17) is 5.11 Å². The molecule has 0 aliphatic carbocycles. The van der Waals surface area contributed by atoms with E-state index >= 15 is 0 Å². The van der Waals surface area contributed by atoms with E-state index in [1.807, 2.05) is 0 Å². The summed E-state index contributed by atoms with van der Waals surface area (Å²) in [6.45, 7) is 0.213. The molecule has 3 aromatic heterocycles. The molecule has 0 saturated carbocycles. The Labute approximate surface area is 184 Å². The molecule has 3 heterocycles. The first-order valence-electron chi connectivity index (χ1n) is 9.29. The number of thiazole rings is 1. The zero-order chi connectivity index (χ0) is 22.7. The molecule has 0 unspecified atom stereocenters. The summed E-state index contributed by atoms with van der Waals surface area (Å²) in [5.41, 5.74) is 1.16. The smallest absolute Gasteiger partial charge is 0.416 e. The Balaban J connectivity index is 1.63. The molecule has 0 aliphatic heterocycles. The van der Waals surface area contributed by atoms with Gasteiger partial charge in [0.05, 0.1) is 29.6 Å². The zero-order valence-corrected chi connectivity index (χ0v) is 17.1. The predicted molar refractivity (Wildman–Crippen MR) is 114 cm³/mol. The van der Waals surface area contributed by atoms with Gasteiger partial charge in [-0.05, 0) is 35.4 Å². The van der Waals surface area contributed by atoms with Gasteiger partial charge in [0.25, 0.3) is 0 Å². The minimum atomic E-state index is -4.51. The summed E-state index contributed by atoms with van der Waals surface area (Å²) in [5.74, 6) is -1.09. The van der Waals surface area contributed by atoms with Gasteiger partial charge in [-0.3, -0.25) is 9.67 Å². The largest absolute Gasteiger partial charge is 0.478 e. The predicted octanol–water partition coefficient (Wildman–Crippen LogP) is 5.34. The van der Waals surface area contributed by atoms with E-state index in [2.05, 4.69) is 15.1 Å². The lowest BCUT2D eigenvalue weighted by atomic mass is 10.0. The van der Waals surface area contributed by atoms with Crippen molar-refractivity contribution in [3.63, 3.8) is 0 Å². The lowest BCUT2D eigenvalue weighted by Gasteiger charge is -2.10. The summed E-state index contributed by atoms with van der Waals surface area (Å²) < 4.78 is 41.8. The standard InChI is InChI=1S/C22H15F3N4O2S/c23-22(24,25)18-7-15(4-3-14-2-1-5-26-9-14)6-16(8-18)19-13-32-20(28-19)12-29-11-17(10-27-29)21(30)31/h1-11,13H,12H2,(H,30,31)/b4-3-. The Hall–Kier alpha value is -3.79. The van der Waals surface area contributed by atoms with Gasteiger partial charge < -0.3 is 5.11 Å². The van der Waals surface area contributed by atoms with Crippen LogP contribution in [0.2, 0.25) is 0 Å². The van der Waals surface area contributed by atoms with Crippen molar-refractivity contribution in [2.45, 2.75) is 12.7 Å². The summed E-state index contributed by atoms with van der Waals surface area (Å²) >= 11 is 1.26. The van der Waals surface area contributed by atoms with Crippen molar-refractivity contribution >= 4 is 29.5 Å². The van der Waals surface area contributed by atoms with E-state index in [9.17, 15) is 18.0 Å². The summed E-state index contributed by atoms with van der Waals surface area (Å²) in [7, 11) is 0. The maximum absolute atomic E-state index is 13.5. The molecule has 0 spiro atoms. The molecule has 0 amide bonds. The maximum atomic E-state index is 13.5. The van der Waals surface area contributed by atoms with Gasteiger partial charge in [-0.15, -0.1) is 11.3 Å². The van der Waals surface area contributed by atoms with E-state index in [1.54, 1.807) is 48.1 Å². The highest BCUT2D eigenvalue weighted by molar-refractivity contribution is 7.09. The minimum Gasteiger partial charge on any atom is -0.478 e. The normalized spacial score (nSPS) is 11.8. The number of aromatic carboxylic acids is 1. The second kappa shape index (κ2) is 8.75. The summed E-state index contributed by atoms with van der Waals surface area (Å²) in [6, 6.07) is 7.33. The first-order valence-corrected chi connectivity index (χ1v) is 10.2. The molecule has 4 aromatic rings. The molecule has 0 radical (unpaired) electrons. The number of rotatable bonds is 6. The summed E-state index contributed by atoms with van der Waals surface area (Å²) in [5, 5.41) is 15.2. The van der Waals surface area contributed by atoms with Crippen LogP contribution in [0.4, 0.5) is 13.2 Å². The van der Waals surface area contributed by atoms with Crippen molar-refractivity contribution in [1.82, 2.24) is 19.7 Å². The quantitative estimate of drug-likeness (QED) is 0.424. The molecule has 0 aliphatic rings. The number of alkyl halides is 3. The highest BCUT2D eigenvalue weighted by atomic mass is 32.1. The summed E-state index contributed by atoms with van der Waals surface area (Å²) in [6.07, 6.45) is 4.61. The van der Waals surface area contributed by atoms with Crippen LogP contribution in [0.5, 0.6) is 0 Å². The molecule has 6 nitrogen and oxygen atoms in total. The summed E-state index contributed by atoms with van der Waals surface area (Å²) in [4.78, 5) is 19.4. The number of nitrogens with zero attached hydrogens (tertiary/aromatic N) is 4. The van der Waals surface area contributed by atoms with Crippen LogP contribution in [0.3, 0.4) is 0 Å². The number of carbonyl (C=O) groups is 1. The third-order valence-electron chi connectivity index (χ3n) is 4.46. The van der Waals surface area contributed by atoms with E-state index in [0.29, 0.717) is 21.8 Å². The molecule has 10 heteroatoms. The molecule has 0 atom stereocenters. The highest BCUT2D eigenvalue weighted by Gasteiger charge is 2.31. The fraction of sp³-hybridized carbons (Fsp3) is 0.0909. The average Bonchev–Trinajstić information content (AvgIpc) is 3.42. The first-order chi connectivity index (χ1) is 15.3. The van der Waals surface area contributed by atoms with Gasteiger partial charge in [0, 0.05) is 29.5 Å². The van der Waals surface area contributed by atoms with Crippen LogP contribution in [0, 0.1) is 0 Å². The number of halogens is 3. The van der Waals surface area contributed by atoms with Crippen LogP contribution in [0.1, 0.15) is 32.1 Å². The van der Waals surface area contributed by atoms with Crippen LogP contribution in [-0.2, 0) is 12.7 Å². The number of carboxylic acid groups (broad SMARTS) is 1. The minimum absolute atomic E-state index is 0.0460. The number of benzene rings is 1. The number of aromatic nitrogens is 4. The topological polar surface area (TPSA) is 80.9 Å². The van der Waals surface area contributed by atoms with Gasteiger partial charge in [0.2, 0.25) is 0 Å². The van der Waals surface area contributed by atoms with Crippen molar-refractivity contribution in [2.24, 2.45) is 0 Å². The van der Waals surface area contributed by atoms with Gasteiger partial charge >= 0.3 is 12.1 Å². The fourth-order valence-corrected chi connectivity index (χ4v) is 3.74. The molecular weight excluding hydrogens is 441 g/mol. The Kier molecular flexibility index (Phi) is 5.87. The van der Waals surface area contributed by atoms with Crippen molar-refractivity contribution in [1.29, 1.82) is 0 Å². The molecule has 0 fully saturated rings. The maximum Gasteiger partial charge on any atom is 0.416 e. The van der Waals surface area contributed by atoms with Crippen LogP contribution in [-0.4, -0.2) is 30.8 Å². The van der Waals surface area contributed by atoms with Gasteiger partial charge in [-0.2, -0.15) is 18.3 Å². The SMILES string of the molecule is O=C(O)c1cnn(Cc2nc(-c3cc(/C=C\c4cccnc4)cc(C(F)(F)F)c3)cs2)c1. The van der Waals surface area contributed by atoms with E-state index in [1.165, 1.54) is 28.4 Å². The second-order valence-electron chi connectivity index (χ2n) is 6.82. The van der Waals surface area contributed by atoms with Crippen molar-refractivity contribution in [3.05, 3.63) is 87.8 Å². The van der Waals surface area contributed by atoms with Crippen LogP contribution >= 0.6 is 11.3 Å². The number of hydrogen-bond donors (Lipinski definition) is 1. The van der Waals surface area contributed by atoms with Gasteiger partial charge in [0.15, 0.2) is 0 Å². The van der Waals surface area contributed by atoms with Crippen molar-refractivity contribution < 1.29 is 23.1 Å². The fourth-order valence-electron chi connectivity index (χ4n) is 2.94. The average molecular weight is 456 g/mol. The monoisotopic (exact) mass is 456 g/mol.